The minimum atomic E-state index is -1.35. The van der Waals surface area contributed by atoms with Gasteiger partial charge < -0.3 is 6.55 Å². The molecule has 0 atom stereocenters. The van der Waals surface area contributed by atoms with Crippen LogP contribution in [0.25, 0.3) is 0 Å². The predicted molar refractivity (Wildman–Crippen MR) is 62.0 cm³/mol. The maximum atomic E-state index is 4.64. The summed E-state index contributed by atoms with van der Waals surface area (Å²) in [7, 11) is 3.29. The van der Waals surface area contributed by atoms with Gasteiger partial charge in [-0.2, -0.15) is 0 Å². The summed E-state index contributed by atoms with van der Waals surface area (Å²) in [5, 5.41) is 0. The predicted octanol–water partition coefficient (Wildman–Crippen LogP) is 4.05. The van der Waals surface area contributed by atoms with Crippen LogP contribution in [-0.4, -0.2) is 8.07 Å². The van der Waals surface area contributed by atoms with Gasteiger partial charge in [-0.15, -0.1) is 19.7 Å². The van der Waals surface area contributed by atoms with Gasteiger partial charge in [-0.05, 0) is 0 Å². The molecule has 0 radical (unpaired) electrons. The third kappa shape index (κ3) is 8.76. The Labute approximate surface area is 99.1 Å². The third-order valence-corrected chi connectivity index (χ3v) is 5.20. The first kappa shape index (κ1) is 15.9. The van der Waals surface area contributed by atoms with Crippen LogP contribution >= 0.6 is 9.30 Å². The van der Waals surface area contributed by atoms with Crippen LogP contribution in [0.5, 0.6) is 0 Å². The van der Waals surface area contributed by atoms with E-state index in [4.69, 9.17) is 0 Å². The summed E-state index contributed by atoms with van der Waals surface area (Å²) < 4.78 is 0. The van der Waals surface area contributed by atoms with E-state index < -0.39 is 8.07 Å². The van der Waals surface area contributed by atoms with Crippen molar-refractivity contribution in [2.45, 2.75) is 18.1 Å². The quantitative estimate of drug-likeness (QED) is 0.378. The molecule has 0 spiro atoms. The average Bonchev–Trinajstić information content (AvgIpc) is 2.09. The standard InChI is InChI=1S/C10H17Si.ClH.Ti/c1-5-8-11(4,9-6-2)10-7-3;;/h5-7H,1-4,8-10H2;1H;/q-1;;+2/p-1. The number of hydrogen-bond acceptors (Lipinski definition) is 0. The molecule has 0 fully saturated rings. The van der Waals surface area contributed by atoms with E-state index in [1.54, 1.807) is 0 Å². The molecule has 0 saturated carbocycles. The van der Waals surface area contributed by atoms with Gasteiger partial charge in [0.2, 0.25) is 0 Å². The Kier molecular flexibility index (Phi) is 12.9. The molecule has 0 unspecified atom stereocenters. The Morgan fingerprint density at radius 2 is 1.23 bits per heavy atom. The van der Waals surface area contributed by atoms with Gasteiger partial charge in [0, 0.05) is 0 Å². The average molecular weight is 249 g/mol. The van der Waals surface area contributed by atoms with Crippen LogP contribution in [0.3, 0.4) is 0 Å². The molecule has 0 aromatic carbocycles. The van der Waals surface area contributed by atoms with Gasteiger partial charge in [-0.1, -0.05) is 44.4 Å². The minimum absolute atomic E-state index is 1.06. The summed E-state index contributed by atoms with van der Waals surface area (Å²) in [4.78, 5) is 0. The van der Waals surface area contributed by atoms with E-state index in [0.29, 0.717) is 0 Å². The third-order valence-electron chi connectivity index (χ3n) is 1.73. The normalized spacial score (nSPS) is 9.31. The Morgan fingerprint density at radius 1 is 1.00 bits per heavy atom. The van der Waals surface area contributed by atoms with Crippen molar-refractivity contribution in [2.75, 3.05) is 0 Å². The molecule has 0 N–H and O–H groups in total. The molecule has 13 heavy (non-hydrogen) atoms. The van der Waals surface area contributed by atoms with Crippen LogP contribution in [-0.2, 0) is 19.4 Å². The van der Waals surface area contributed by atoms with E-state index in [1.165, 1.54) is 19.4 Å². The van der Waals surface area contributed by atoms with Crippen molar-refractivity contribution in [1.29, 1.82) is 0 Å². The van der Waals surface area contributed by atoms with Gasteiger partial charge >= 0.3 is 28.7 Å². The van der Waals surface area contributed by atoms with Crippen LogP contribution in [0.4, 0.5) is 0 Å². The maximum absolute atomic E-state index is 4.64. The van der Waals surface area contributed by atoms with Crippen molar-refractivity contribution in [3.05, 3.63) is 44.5 Å². The fraction of sp³-hybridized carbons (Fsp3) is 0.300. The topological polar surface area (TPSA) is 0 Å². The van der Waals surface area contributed by atoms with E-state index in [2.05, 4.69) is 35.6 Å². The second-order valence-electron chi connectivity index (χ2n) is 2.98. The fourth-order valence-corrected chi connectivity index (χ4v) is 3.51. The molecular weight excluding hydrogens is 232 g/mol. The van der Waals surface area contributed by atoms with E-state index in [9.17, 15) is 0 Å². The van der Waals surface area contributed by atoms with Crippen LogP contribution in [0.1, 0.15) is 0 Å². The van der Waals surface area contributed by atoms with Crippen molar-refractivity contribution in [2.24, 2.45) is 0 Å². The first-order valence-electron chi connectivity index (χ1n) is 4.05. The molecule has 0 rings (SSSR count). The van der Waals surface area contributed by atoms with Gasteiger partial charge in [-0.25, -0.2) is 0 Å². The summed E-state index contributed by atoms with van der Waals surface area (Å²) in [5.41, 5.74) is 0. The number of allylic oxidation sites excluding steroid dienone is 3. The second-order valence-corrected chi connectivity index (χ2v) is 7.20. The van der Waals surface area contributed by atoms with Gasteiger partial charge in [0.25, 0.3) is 0 Å². The Balaban J connectivity index is 0. The van der Waals surface area contributed by atoms with Crippen molar-refractivity contribution in [3.8, 4) is 0 Å². The zero-order valence-electron chi connectivity index (χ0n) is 8.06. The van der Waals surface area contributed by atoms with Crippen molar-refractivity contribution in [1.82, 2.24) is 0 Å². The molecule has 0 aromatic heterocycles. The molecule has 0 saturated heterocycles. The van der Waals surface area contributed by atoms with Gasteiger partial charge in [0.05, 0.1) is 0 Å². The summed E-state index contributed by atoms with van der Waals surface area (Å²) >= 11 is 1.47. The molecule has 72 valence electrons. The summed E-state index contributed by atoms with van der Waals surface area (Å²) in [6, 6.07) is 3.18. The van der Waals surface area contributed by atoms with Crippen molar-refractivity contribution < 1.29 is 19.4 Å². The van der Waals surface area contributed by atoms with Gasteiger partial charge in [0.15, 0.2) is 0 Å². The van der Waals surface area contributed by atoms with Crippen molar-refractivity contribution >= 4 is 17.4 Å². The SMILES string of the molecule is C=CC[Si]([CH2-])(CC=C)CC=C.[Cl][Ti+]. The zero-order valence-corrected chi connectivity index (χ0v) is 11.4. The molecule has 0 aliphatic heterocycles. The molecule has 0 bridgehead atoms. The zero-order chi connectivity index (χ0) is 10.7. The second kappa shape index (κ2) is 10.5. The molecule has 0 aliphatic carbocycles. The number of hydrogen-bond donors (Lipinski definition) is 0. The first-order chi connectivity index (χ1) is 6.18. The summed E-state index contributed by atoms with van der Waals surface area (Å²) in [5.74, 6) is 0. The molecule has 0 aliphatic rings. The monoisotopic (exact) mass is 248 g/mol. The van der Waals surface area contributed by atoms with Crippen LogP contribution in [0.2, 0.25) is 18.1 Å². The van der Waals surface area contributed by atoms with E-state index >= 15 is 0 Å². The van der Waals surface area contributed by atoms with E-state index in [-0.39, 0.29) is 0 Å². The van der Waals surface area contributed by atoms with Gasteiger partial charge in [-0.3, -0.25) is 0 Å². The van der Waals surface area contributed by atoms with E-state index in [0.717, 1.165) is 18.1 Å². The Bertz CT molecular complexity index is 130. The first-order valence-corrected chi connectivity index (χ1v) is 9.03. The molecule has 0 amide bonds. The summed E-state index contributed by atoms with van der Waals surface area (Å²) in [6.07, 6.45) is 5.89. The Morgan fingerprint density at radius 3 is 1.38 bits per heavy atom. The Hall–Kier alpha value is 0.441. The molecule has 0 heterocycles. The molecule has 0 nitrogen and oxygen atoms in total. The number of halogens is 1. The molecule has 0 aromatic rings. The molecular formula is C10H17ClSiTi. The molecule has 3 heteroatoms. The fourth-order valence-electron chi connectivity index (χ4n) is 1.17. The van der Waals surface area contributed by atoms with Crippen LogP contribution in [0.15, 0.2) is 38.0 Å². The van der Waals surface area contributed by atoms with E-state index in [1.807, 2.05) is 18.2 Å². The summed E-state index contributed by atoms with van der Waals surface area (Å²) in [6.45, 7) is 15.5. The van der Waals surface area contributed by atoms with Gasteiger partial charge in [0.1, 0.15) is 0 Å². The van der Waals surface area contributed by atoms with Crippen LogP contribution in [0, 0.1) is 6.55 Å². The van der Waals surface area contributed by atoms with Crippen molar-refractivity contribution in [3.63, 3.8) is 0 Å². The number of rotatable bonds is 6. The van der Waals surface area contributed by atoms with Crippen LogP contribution < -0.4 is 0 Å².